The van der Waals surface area contributed by atoms with Gasteiger partial charge >= 0.3 is 0 Å². The maximum Gasteiger partial charge on any atom is 0.271 e. The molecule has 19 heavy (non-hydrogen) atoms. The summed E-state index contributed by atoms with van der Waals surface area (Å²) in [5.41, 5.74) is 6.50. The lowest BCUT2D eigenvalue weighted by atomic mass is 10.2. The van der Waals surface area contributed by atoms with Crippen LogP contribution in [0.3, 0.4) is 0 Å². The molecule has 5 nitrogen and oxygen atoms in total. The van der Waals surface area contributed by atoms with E-state index in [1.807, 2.05) is 6.92 Å². The summed E-state index contributed by atoms with van der Waals surface area (Å²) < 4.78 is 32.2. The van der Waals surface area contributed by atoms with Crippen LogP contribution in [0.25, 0.3) is 0 Å². The lowest BCUT2D eigenvalue weighted by Gasteiger charge is -2.11. The number of anilines is 2. The number of ether oxygens (including phenoxy) is 1. The molecule has 0 spiro atoms. The Bertz CT molecular complexity index is 693. The predicted molar refractivity (Wildman–Crippen MR) is 77.3 cm³/mol. The van der Waals surface area contributed by atoms with Crippen molar-refractivity contribution in [2.24, 2.45) is 0 Å². The average Bonchev–Trinajstić information content (AvgIpc) is 2.79. The molecule has 0 saturated carbocycles. The van der Waals surface area contributed by atoms with Crippen LogP contribution >= 0.6 is 11.3 Å². The van der Waals surface area contributed by atoms with E-state index in [0.717, 1.165) is 4.88 Å². The summed E-state index contributed by atoms with van der Waals surface area (Å²) in [6.07, 6.45) is 0. The minimum absolute atomic E-state index is 0.267. The first-order chi connectivity index (χ1) is 8.92. The monoisotopic (exact) mass is 298 g/mol. The Balaban J connectivity index is 2.35. The summed E-state index contributed by atoms with van der Waals surface area (Å²) in [5.74, 6) is 0.386. The van der Waals surface area contributed by atoms with E-state index in [1.165, 1.54) is 18.4 Å². The van der Waals surface area contributed by atoms with Crippen LogP contribution in [0.2, 0.25) is 0 Å². The van der Waals surface area contributed by atoms with Gasteiger partial charge in [0.1, 0.15) is 9.96 Å². The second-order valence-electron chi connectivity index (χ2n) is 3.93. The zero-order valence-electron chi connectivity index (χ0n) is 10.5. The minimum atomic E-state index is -3.59. The summed E-state index contributed by atoms with van der Waals surface area (Å²) in [7, 11) is -2.13. The second kappa shape index (κ2) is 5.10. The number of benzene rings is 1. The molecule has 7 heteroatoms. The van der Waals surface area contributed by atoms with Gasteiger partial charge in [-0.1, -0.05) is 0 Å². The van der Waals surface area contributed by atoms with Crippen molar-refractivity contribution in [3.63, 3.8) is 0 Å². The smallest absolute Gasteiger partial charge is 0.271 e. The van der Waals surface area contributed by atoms with Crippen LogP contribution in [0, 0.1) is 6.92 Å². The van der Waals surface area contributed by atoms with Crippen molar-refractivity contribution in [3.8, 4) is 5.75 Å². The van der Waals surface area contributed by atoms with Crippen LogP contribution in [0.15, 0.2) is 34.5 Å². The Hall–Kier alpha value is -1.73. The highest BCUT2D eigenvalue weighted by Gasteiger charge is 2.18. The Morgan fingerprint density at radius 3 is 2.58 bits per heavy atom. The molecule has 2 aromatic rings. The van der Waals surface area contributed by atoms with Gasteiger partial charge in [0, 0.05) is 16.6 Å². The average molecular weight is 298 g/mol. The third kappa shape index (κ3) is 2.99. The lowest BCUT2D eigenvalue weighted by Crippen LogP contribution is -2.12. The van der Waals surface area contributed by atoms with Gasteiger partial charge in [-0.05, 0) is 31.2 Å². The van der Waals surface area contributed by atoms with E-state index in [0.29, 0.717) is 17.1 Å². The van der Waals surface area contributed by atoms with Gasteiger partial charge in [0.05, 0.1) is 12.8 Å². The third-order valence-electron chi connectivity index (χ3n) is 2.45. The van der Waals surface area contributed by atoms with Crippen LogP contribution in [0.4, 0.5) is 11.4 Å². The van der Waals surface area contributed by atoms with E-state index in [1.54, 1.807) is 30.3 Å². The number of sulfonamides is 1. The van der Waals surface area contributed by atoms with Gasteiger partial charge in [0.2, 0.25) is 0 Å². The molecular formula is C12H14N2O3S2. The molecule has 2 rings (SSSR count). The van der Waals surface area contributed by atoms with Crippen LogP contribution in [0.5, 0.6) is 5.75 Å². The van der Waals surface area contributed by atoms with Gasteiger partial charge in [-0.2, -0.15) is 0 Å². The number of nitrogens with one attached hydrogen (secondary N) is 1. The van der Waals surface area contributed by atoms with Crippen molar-refractivity contribution in [1.82, 2.24) is 0 Å². The molecule has 0 bridgehead atoms. The van der Waals surface area contributed by atoms with Crippen molar-refractivity contribution in [3.05, 3.63) is 35.2 Å². The summed E-state index contributed by atoms with van der Waals surface area (Å²) in [6, 6.07) is 8.09. The summed E-state index contributed by atoms with van der Waals surface area (Å²) >= 11 is 1.21. The Morgan fingerprint density at radius 1 is 1.26 bits per heavy atom. The van der Waals surface area contributed by atoms with Gasteiger partial charge in [-0.15, -0.1) is 11.3 Å². The maximum absolute atomic E-state index is 12.2. The molecule has 0 aliphatic carbocycles. The van der Waals surface area contributed by atoms with Crippen molar-refractivity contribution in [2.75, 3.05) is 17.6 Å². The SMILES string of the molecule is COc1cc(N)ccc1NS(=O)(=O)c1ccc(C)s1. The number of hydrogen-bond donors (Lipinski definition) is 2. The fourth-order valence-electron chi connectivity index (χ4n) is 1.54. The number of nitrogens with two attached hydrogens (primary N) is 1. The number of aryl methyl sites for hydroxylation is 1. The molecule has 0 atom stereocenters. The van der Waals surface area contributed by atoms with Gasteiger partial charge in [-0.3, -0.25) is 4.72 Å². The van der Waals surface area contributed by atoms with E-state index in [9.17, 15) is 8.42 Å². The maximum atomic E-state index is 12.2. The molecule has 0 unspecified atom stereocenters. The molecule has 1 heterocycles. The number of rotatable bonds is 4. The topological polar surface area (TPSA) is 81.4 Å². The standard InChI is InChI=1S/C12H14N2O3S2/c1-8-3-6-12(18-8)19(15,16)14-10-5-4-9(13)7-11(10)17-2/h3-7,14H,13H2,1-2H3. The zero-order chi connectivity index (χ0) is 14.0. The number of thiophene rings is 1. The second-order valence-corrected chi connectivity index (χ2v) is 7.13. The molecule has 0 saturated heterocycles. The molecule has 3 N–H and O–H groups in total. The van der Waals surface area contributed by atoms with E-state index in [-0.39, 0.29) is 4.21 Å². The largest absolute Gasteiger partial charge is 0.494 e. The Kier molecular flexibility index (Phi) is 3.68. The van der Waals surface area contributed by atoms with E-state index in [4.69, 9.17) is 10.5 Å². The summed E-state index contributed by atoms with van der Waals surface area (Å²) in [5, 5.41) is 0. The fraction of sp³-hybridized carbons (Fsp3) is 0.167. The van der Waals surface area contributed by atoms with Gasteiger partial charge in [-0.25, -0.2) is 8.42 Å². The first-order valence-electron chi connectivity index (χ1n) is 5.45. The Morgan fingerprint density at radius 2 is 2.00 bits per heavy atom. The molecule has 1 aromatic carbocycles. The molecule has 0 aliphatic heterocycles. The van der Waals surface area contributed by atoms with E-state index >= 15 is 0 Å². The molecule has 0 radical (unpaired) electrons. The van der Waals surface area contributed by atoms with Crippen LogP contribution in [-0.4, -0.2) is 15.5 Å². The molecule has 0 fully saturated rings. The Labute approximate surface area is 116 Å². The van der Waals surface area contributed by atoms with E-state index < -0.39 is 10.0 Å². The van der Waals surface area contributed by atoms with Gasteiger partial charge in [0.25, 0.3) is 10.0 Å². The highest BCUT2D eigenvalue weighted by Crippen LogP contribution is 2.30. The number of hydrogen-bond acceptors (Lipinski definition) is 5. The van der Waals surface area contributed by atoms with Crippen molar-refractivity contribution in [1.29, 1.82) is 0 Å². The highest BCUT2D eigenvalue weighted by atomic mass is 32.2. The van der Waals surface area contributed by atoms with Crippen molar-refractivity contribution < 1.29 is 13.2 Å². The first-order valence-corrected chi connectivity index (χ1v) is 7.75. The van der Waals surface area contributed by atoms with Crippen LogP contribution < -0.4 is 15.2 Å². The van der Waals surface area contributed by atoms with E-state index in [2.05, 4.69) is 4.72 Å². The van der Waals surface area contributed by atoms with Crippen LogP contribution in [0.1, 0.15) is 4.88 Å². The first kappa shape index (κ1) is 13.7. The summed E-state index contributed by atoms with van der Waals surface area (Å²) in [4.78, 5) is 0.935. The van der Waals surface area contributed by atoms with Crippen molar-refractivity contribution >= 4 is 32.7 Å². The predicted octanol–water partition coefficient (Wildman–Crippen LogP) is 2.45. The summed E-state index contributed by atoms with van der Waals surface area (Å²) in [6.45, 7) is 1.85. The molecular weight excluding hydrogens is 284 g/mol. The zero-order valence-corrected chi connectivity index (χ0v) is 12.1. The van der Waals surface area contributed by atoms with Gasteiger partial charge < -0.3 is 10.5 Å². The molecule has 0 amide bonds. The minimum Gasteiger partial charge on any atom is -0.494 e. The van der Waals surface area contributed by atoms with Crippen molar-refractivity contribution in [2.45, 2.75) is 11.1 Å². The molecule has 102 valence electrons. The quantitative estimate of drug-likeness (QED) is 0.849. The molecule has 1 aromatic heterocycles. The lowest BCUT2D eigenvalue weighted by molar-refractivity contribution is 0.417. The normalized spacial score (nSPS) is 11.3. The highest BCUT2D eigenvalue weighted by molar-refractivity contribution is 7.94. The third-order valence-corrected chi connectivity index (χ3v) is 5.31. The fourth-order valence-corrected chi connectivity index (χ4v) is 3.90. The number of nitrogen functional groups attached to an aromatic ring is 1. The van der Waals surface area contributed by atoms with Gasteiger partial charge in [0.15, 0.2) is 0 Å². The van der Waals surface area contributed by atoms with Crippen LogP contribution in [-0.2, 0) is 10.0 Å². The molecule has 0 aliphatic rings. The number of methoxy groups -OCH3 is 1.